The highest BCUT2D eigenvalue weighted by Gasteiger charge is 2.16. The van der Waals surface area contributed by atoms with Gasteiger partial charge in [-0.25, -0.2) is 0 Å². The van der Waals surface area contributed by atoms with Crippen LogP contribution in [0.2, 0.25) is 0 Å². The summed E-state index contributed by atoms with van der Waals surface area (Å²) in [6.07, 6.45) is 1.67. The van der Waals surface area contributed by atoms with Gasteiger partial charge in [-0.1, -0.05) is 29.8 Å². The number of Topliss-reactive ketones (excluding diaryl/α,β-unsaturated/α-hetero) is 1. The highest BCUT2D eigenvalue weighted by Crippen LogP contribution is 2.22. The first kappa shape index (κ1) is 16.6. The topological polar surface area (TPSA) is 38.8 Å². The first-order valence-corrected chi connectivity index (χ1v) is 7.31. The average molecular weight is 311 g/mol. The monoisotopic (exact) mass is 311 g/mol. The fraction of sp³-hybridized carbons (Fsp3) is 0.211. The normalized spacial score (nSPS) is 11.0. The standard InChI is InChI=1S/C19H21NO3/c1-14-7-5-8-15(11-14)19(21)18(13-20(2)3)23-17-10-6-9-16(12-17)22-4/h5-13H,1-4H3/b18-13-. The predicted octanol–water partition coefficient (Wildman–Crippen LogP) is 3.67. The summed E-state index contributed by atoms with van der Waals surface area (Å²) in [5.41, 5.74) is 1.63. The van der Waals surface area contributed by atoms with Crippen molar-refractivity contribution in [2.75, 3.05) is 21.2 Å². The highest BCUT2D eigenvalue weighted by molar-refractivity contribution is 6.07. The van der Waals surface area contributed by atoms with E-state index in [1.54, 1.807) is 36.4 Å². The van der Waals surface area contributed by atoms with Crippen molar-refractivity contribution in [3.63, 3.8) is 0 Å². The van der Waals surface area contributed by atoms with E-state index in [0.717, 1.165) is 5.56 Å². The van der Waals surface area contributed by atoms with E-state index in [1.807, 2.05) is 51.4 Å². The maximum atomic E-state index is 12.7. The first-order chi connectivity index (χ1) is 11.0. The number of allylic oxidation sites excluding steroid dienone is 1. The van der Waals surface area contributed by atoms with Crippen molar-refractivity contribution in [2.24, 2.45) is 0 Å². The van der Waals surface area contributed by atoms with Crippen molar-refractivity contribution < 1.29 is 14.3 Å². The van der Waals surface area contributed by atoms with Crippen LogP contribution in [-0.4, -0.2) is 31.9 Å². The number of carbonyl (C=O) groups is 1. The predicted molar refractivity (Wildman–Crippen MR) is 90.9 cm³/mol. The van der Waals surface area contributed by atoms with Gasteiger partial charge >= 0.3 is 0 Å². The molecular weight excluding hydrogens is 290 g/mol. The van der Waals surface area contributed by atoms with Crippen molar-refractivity contribution >= 4 is 5.78 Å². The lowest BCUT2D eigenvalue weighted by atomic mass is 10.1. The molecule has 120 valence electrons. The Morgan fingerprint density at radius 2 is 1.74 bits per heavy atom. The third-order valence-electron chi connectivity index (χ3n) is 3.15. The summed E-state index contributed by atoms with van der Waals surface area (Å²) < 4.78 is 11.0. The molecule has 2 aromatic carbocycles. The fourth-order valence-corrected chi connectivity index (χ4v) is 2.09. The minimum atomic E-state index is -0.162. The molecule has 0 saturated carbocycles. The molecule has 0 aliphatic carbocycles. The van der Waals surface area contributed by atoms with Gasteiger partial charge in [-0.15, -0.1) is 0 Å². The molecule has 0 aromatic heterocycles. The first-order valence-electron chi connectivity index (χ1n) is 7.31. The zero-order chi connectivity index (χ0) is 16.8. The van der Waals surface area contributed by atoms with Crippen molar-refractivity contribution in [2.45, 2.75) is 6.92 Å². The zero-order valence-corrected chi connectivity index (χ0v) is 13.9. The number of carbonyl (C=O) groups excluding carboxylic acids is 1. The van der Waals surface area contributed by atoms with Gasteiger partial charge in [0.1, 0.15) is 11.5 Å². The SMILES string of the molecule is COc1cccc(O/C(=C\N(C)C)C(=O)c2cccc(C)c2)c1. The quantitative estimate of drug-likeness (QED) is 0.463. The Morgan fingerprint density at radius 1 is 1.04 bits per heavy atom. The number of hydrogen-bond donors (Lipinski definition) is 0. The summed E-state index contributed by atoms with van der Waals surface area (Å²) in [5, 5.41) is 0. The summed E-state index contributed by atoms with van der Waals surface area (Å²) in [6, 6.07) is 14.6. The van der Waals surface area contributed by atoms with Crippen LogP contribution in [0.1, 0.15) is 15.9 Å². The van der Waals surface area contributed by atoms with Gasteiger partial charge in [0.2, 0.25) is 5.78 Å². The molecule has 0 saturated heterocycles. The summed E-state index contributed by atoms with van der Waals surface area (Å²) in [5.74, 6) is 1.33. The molecule has 0 heterocycles. The Kier molecular flexibility index (Phi) is 5.41. The number of methoxy groups -OCH3 is 1. The van der Waals surface area contributed by atoms with Crippen LogP contribution >= 0.6 is 0 Å². The van der Waals surface area contributed by atoms with Gasteiger partial charge in [-0.3, -0.25) is 4.79 Å². The number of ether oxygens (including phenoxy) is 2. The molecule has 2 aromatic rings. The van der Waals surface area contributed by atoms with Crippen LogP contribution in [0.4, 0.5) is 0 Å². The summed E-state index contributed by atoms with van der Waals surface area (Å²) in [4.78, 5) is 14.5. The fourth-order valence-electron chi connectivity index (χ4n) is 2.09. The van der Waals surface area contributed by atoms with Crippen LogP contribution in [0, 0.1) is 6.92 Å². The zero-order valence-electron chi connectivity index (χ0n) is 13.9. The lowest BCUT2D eigenvalue weighted by Gasteiger charge is -2.13. The van der Waals surface area contributed by atoms with Gasteiger partial charge in [0.25, 0.3) is 0 Å². The highest BCUT2D eigenvalue weighted by atomic mass is 16.5. The maximum Gasteiger partial charge on any atom is 0.229 e. The lowest BCUT2D eigenvalue weighted by Crippen LogP contribution is -2.14. The third kappa shape index (κ3) is 4.61. The molecule has 2 rings (SSSR count). The van der Waals surface area contributed by atoms with Crippen LogP contribution < -0.4 is 9.47 Å². The summed E-state index contributed by atoms with van der Waals surface area (Å²) in [6.45, 7) is 1.95. The minimum absolute atomic E-state index is 0.162. The van der Waals surface area contributed by atoms with Gasteiger partial charge in [0.15, 0.2) is 5.76 Å². The molecular formula is C19H21NO3. The maximum absolute atomic E-state index is 12.7. The van der Waals surface area contributed by atoms with Gasteiger partial charge < -0.3 is 14.4 Å². The lowest BCUT2D eigenvalue weighted by molar-refractivity contribution is 0.0982. The molecule has 4 heteroatoms. The molecule has 0 aliphatic heterocycles. The van der Waals surface area contributed by atoms with E-state index in [9.17, 15) is 4.79 Å². The van der Waals surface area contributed by atoms with Crippen molar-refractivity contribution in [1.82, 2.24) is 4.90 Å². The molecule has 0 spiro atoms. The van der Waals surface area contributed by atoms with Gasteiger partial charge in [0, 0.05) is 31.9 Å². The third-order valence-corrected chi connectivity index (χ3v) is 3.15. The van der Waals surface area contributed by atoms with Crippen LogP contribution in [0.5, 0.6) is 11.5 Å². The molecule has 0 unspecified atom stereocenters. The Morgan fingerprint density at radius 3 is 2.39 bits per heavy atom. The molecule has 0 N–H and O–H groups in total. The van der Waals surface area contributed by atoms with Gasteiger partial charge in [-0.05, 0) is 25.1 Å². The largest absolute Gasteiger partial charge is 0.497 e. The van der Waals surface area contributed by atoms with E-state index in [2.05, 4.69) is 0 Å². The molecule has 0 fully saturated rings. The van der Waals surface area contributed by atoms with Crippen LogP contribution in [0.15, 0.2) is 60.5 Å². The number of benzene rings is 2. The van der Waals surface area contributed by atoms with E-state index >= 15 is 0 Å². The Labute approximate surface area is 137 Å². The van der Waals surface area contributed by atoms with Gasteiger partial charge in [0.05, 0.1) is 7.11 Å². The van der Waals surface area contributed by atoms with Crippen LogP contribution in [0.3, 0.4) is 0 Å². The van der Waals surface area contributed by atoms with Gasteiger partial charge in [-0.2, -0.15) is 0 Å². The van der Waals surface area contributed by atoms with Crippen molar-refractivity contribution in [1.29, 1.82) is 0 Å². The number of nitrogens with zero attached hydrogens (tertiary/aromatic N) is 1. The van der Waals surface area contributed by atoms with Crippen LogP contribution in [0.25, 0.3) is 0 Å². The second-order valence-electron chi connectivity index (χ2n) is 5.44. The molecule has 4 nitrogen and oxygen atoms in total. The summed E-state index contributed by atoms with van der Waals surface area (Å²) >= 11 is 0. The minimum Gasteiger partial charge on any atom is -0.497 e. The molecule has 0 amide bonds. The van der Waals surface area contributed by atoms with Crippen LogP contribution in [-0.2, 0) is 0 Å². The van der Waals surface area contributed by atoms with E-state index in [1.165, 1.54) is 0 Å². The second-order valence-corrected chi connectivity index (χ2v) is 5.44. The number of hydrogen-bond acceptors (Lipinski definition) is 4. The van der Waals surface area contributed by atoms with Crippen molar-refractivity contribution in [3.8, 4) is 11.5 Å². The van der Waals surface area contributed by atoms with E-state index in [4.69, 9.17) is 9.47 Å². The number of aryl methyl sites for hydroxylation is 1. The van der Waals surface area contributed by atoms with E-state index in [-0.39, 0.29) is 11.5 Å². The second kappa shape index (κ2) is 7.49. The van der Waals surface area contributed by atoms with E-state index in [0.29, 0.717) is 17.1 Å². The Balaban J connectivity index is 2.32. The smallest absolute Gasteiger partial charge is 0.229 e. The number of ketones is 1. The molecule has 0 aliphatic rings. The Hall–Kier alpha value is -2.75. The average Bonchev–Trinajstić information content (AvgIpc) is 2.53. The molecule has 23 heavy (non-hydrogen) atoms. The number of rotatable bonds is 6. The molecule has 0 bridgehead atoms. The van der Waals surface area contributed by atoms with Crippen molar-refractivity contribution in [3.05, 3.63) is 71.6 Å². The van der Waals surface area contributed by atoms with E-state index < -0.39 is 0 Å². The molecule has 0 atom stereocenters. The Bertz CT molecular complexity index is 720. The molecule has 0 radical (unpaired) electrons. The summed E-state index contributed by atoms with van der Waals surface area (Å²) in [7, 11) is 5.28.